The first-order valence-corrected chi connectivity index (χ1v) is 3.44. The maximum atomic E-state index is 9.16. The lowest BCUT2D eigenvalue weighted by Crippen LogP contribution is -2.52. The zero-order chi connectivity index (χ0) is 7.56. The summed E-state index contributed by atoms with van der Waals surface area (Å²) in [7, 11) is 0. The van der Waals surface area contributed by atoms with Crippen molar-refractivity contribution in [1.29, 1.82) is 0 Å². The Morgan fingerprint density at radius 3 is 2.45 bits per heavy atom. The molecular formula is C6H14ClNO3. The number of β-amino-alcohol motifs (C(OH)–C–C–N with tert-alkyl or cyclic N) is 1. The summed E-state index contributed by atoms with van der Waals surface area (Å²) in [6.45, 7) is 0.385. The lowest BCUT2D eigenvalue weighted by Gasteiger charge is -2.30. The molecule has 0 bridgehead atoms. The minimum Gasteiger partial charge on any atom is -0.395 e. The van der Waals surface area contributed by atoms with Gasteiger partial charge in [-0.05, 0) is 0 Å². The molecular weight excluding hydrogens is 170 g/mol. The van der Waals surface area contributed by atoms with Crippen molar-refractivity contribution >= 4 is 12.4 Å². The van der Waals surface area contributed by atoms with Crippen molar-refractivity contribution in [1.82, 2.24) is 5.32 Å². The van der Waals surface area contributed by atoms with E-state index >= 15 is 0 Å². The molecule has 0 aromatic carbocycles. The van der Waals surface area contributed by atoms with Crippen molar-refractivity contribution in [3.05, 3.63) is 0 Å². The van der Waals surface area contributed by atoms with E-state index in [-0.39, 0.29) is 25.1 Å². The van der Waals surface area contributed by atoms with Gasteiger partial charge in [0.15, 0.2) is 0 Å². The molecule has 1 aliphatic heterocycles. The molecule has 0 amide bonds. The lowest BCUT2D eigenvalue weighted by atomic mass is 10.0. The molecule has 3 atom stereocenters. The molecule has 0 aromatic heterocycles. The van der Waals surface area contributed by atoms with E-state index in [0.717, 1.165) is 0 Å². The second-order valence-electron chi connectivity index (χ2n) is 2.65. The van der Waals surface area contributed by atoms with E-state index in [2.05, 4.69) is 5.32 Å². The summed E-state index contributed by atoms with van der Waals surface area (Å²) in [5.74, 6) is 0. The summed E-state index contributed by atoms with van der Waals surface area (Å²) in [6, 6.07) is -0.261. The molecule has 1 heterocycles. The van der Waals surface area contributed by atoms with Crippen LogP contribution in [0.1, 0.15) is 6.42 Å². The molecule has 68 valence electrons. The number of nitrogens with one attached hydrogen (secondary N) is 1. The Morgan fingerprint density at radius 1 is 1.36 bits per heavy atom. The van der Waals surface area contributed by atoms with Crippen LogP contribution in [-0.2, 0) is 0 Å². The van der Waals surface area contributed by atoms with E-state index in [0.29, 0.717) is 13.0 Å². The molecule has 4 N–H and O–H groups in total. The Labute approximate surface area is 71.6 Å². The maximum absolute atomic E-state index is 9.16. The standard InChI is InChI=1S/C6H13NO3.ClH/c8-3-5-6(10)1-4(9)2-7-5;/h4-10H,1-3H2;1H/t4-,5-,6-;/m1./s1. The Bertz CT molecular complexity index is 114. The van der Waals surface area contributed by atoms with E-state index < -0.39 is 12.2 Å². The first kappa shape index (κ1) is 11.1. The van der Waals surface area contributed by atoms with Crippen LogP contribution in [0.3, 0.4) is 0 Å². The van der Waals surface area contributed by atoms with E-state index in [1.165, 1.54) is 0 Å². The van der Waals surface area contributed by atoms with Gasteiger partial charge in [0.2, 0.25) is 0 Å². The van der Waals surface area contributed by atoms with Gasteiger partial charge in [-0.25, -0.2) is 0 Å². The monoisotopic (exact) mass is 183 g/mol. The van der Waals surface area contributed by atoms with Crippen LogP contribution < -0.4 is 5.32 Å². The van der Waals surface area contributed by atoms with Crippen LogP contribution in [0.25, 0.3) is 0 Å². The van der Waals surface area contributed by atoms with E-state index in [1.807, 2.05) is 0 Å². The summed E-state index contributed by atoms with van der Waals surface area (Å²) in [6.07, 6.45) is -0.732. The average molecular weight is 184 g/mol. The highest BCUT2D eigenvalue weighted by molar-refractivity contribution is 5.85. The first-order valence-electron chi connectivity index (χ1n) is 3.44. The van der Waals surface area contributed by atoms with Gasteiger partial charge in [0.05, 0.1) is 24.9 Å². The number of piperidine rings is 1. The summed E-state index contributed by atoms with van der Waals surface area (Å²) in [5, 5.41) is 29.6. The van der Waals surface area contributed by atoms with Crippen LogP contribution in [-0.4, -0.2) is 46.7 Å². The maximum Gasteiger partial charge on any atom is 0.0740 e. The summed E-state index contributed by atoms with van der Waals surface area (Å²) in [4.78, 5) is 0. The third-order valence-corrected chi connectivity index (χ3v) is 1.79. The van der Waals surface area contributed by atoms with Gasteiger partial charge in [-0.1, -0.05) is 0 Å². The Kier molecular flexibility index (Phi) is 4.96. The Hall–Kier alpha value is 0.130. The Balaban J connectivity index is 0.000001000. The zero-order valence-corrected chi connectivity index (χ0v) is 6.92. The van der Waals surface area contributed by atoms with Crippen molar-refractivity contribution in [2.45, 2.75) is 24.7 Å². The molecule has 0 unspecified atom stereocenters. The molecule has 0 saturated carbocycles. The molecule has 0 aliphatic carbocycles. The van der Waals surface area contributed by atoms with Crippen LogP contribution >= 0.6 is 12.4 Å². The summed E-state index contributed by atoms with van der Waals surface area (Å²) in [5.41, 5.74) is 0. The van der Waals surface area contributed by atoms with Crippen molar-refractivity contribution in [3.8, 4) is 0 Å². The number of halogens is 1. The fourth-order valence-electron chi connectivity index (χ4n) is 1.14. The van der Waals surface area contributed by atoms with Crippen LogP contribution in [0.2, 0.25) is 0 Å². The highest BCUT2D eigenvalue weighted by atomic mass is 35.5. The molecule has 0 radical (unpaired) electrons. The van der Waals surface area contributed by atoms with Crippen molar-refractivity contribution < 1.29 is 15.3 Å². The molecule has 5 heteroatoms. The van der Waals surface area contributed by atoms with Crippen molar-refractivity contribution in [3.63, 3.8) is 0 Å². The highest BCUT2D eigenvalue weighted by Crippen LogP contribution is 2.07. The number of aliphatic hydroxyl groups excluding tert-OH is 3. The van der Waals surface area contributed by atoms with Gasteiger partial charge < -0.3 is 20.6 Å². The molecule has 1 aliphatic rings. The van der Waals surface area contributed by atoms with Gasteiger partial charge in [-0.15, -0.1) is 12.4 Å². The largest absolute Gasteiger partial charge is 0.395 e. The van der Waals surface area contributed by atoms with Gasteiger partial charge in [0.25, 0.3) is 0 Å². The molecule has 0 aromatic rings. The second-order valence-corrected chi connectivity index (χ2v) is 2.65. The summed E-state index contributed by atoms with van der Waals surface area (Å²) >= 11 is 0. The number of hydrogen-bond acceptors (Lipinski definition) is 4. The van der Waals surface area contributed by atoms with E-state index in [1.54, 1.807) is 0 Å². The third kappa shape index (κ3) is 2.92. The van der Waals surface area contributed by atoms with Crippen molar-refractivity contribution in [2.24, 2.45) is 0 Å². The normalized spacial score (nSPS) is 37.9. The zero-order valence-electron chi connectivity index (χ0n) is 6.10. The van der Waals surface area contributed by atoms with Gasteiger partial charge >= 0.3 is 0 Å². The van der Waals surface area contributed by atoms with Gasteiger partial charge in [0, 0.05) is 13.0 Å². The molecule has 0 spiro atoms. The van der Waals surface area contributed by atoms with Gasteiger partial charge in [-0.3, -0.25) is 0 Å². The number of hydrogen-bond donors (Lipinski definition) is 4. The van der Waals surface area contributed by atoms with Crippen LogP contribution in [0.4, 0.5) is 0 Å². The van der Waals surface area contributed by atoms with E-state index in [9.17, 15) is 0 Å². The first-order chi connectivity index (χ1) is 4.74. The predicted octanol–water partition coefficient (Wildman–Crippen LogP) is -1.52. The fraction of sp³-hybridized carbons (Fsp3) is 1.00. The fourth-order valence-corrected chi connectivity index (χ4v) is 1.14. The second kappa shape index (κ2) is 4.90. The minimum absolute atomic E-state index is 0. The SMILES string of the molecule is Cl.OC[C@H]1NC[C@H](O)C[C@H]1O. The average Bonchev–Trinajstić information content (AvgIpc) is 1.88. The highest BCUT2D eigenvalue weighted by Gasteiger charge is 2.26. The van der Waals surface area contributed by atoms with Crippen molar-refractivity contribution in [2.75, 3.05) is 13.2 Å². The number of aliphatic hydroxyl groups is 3. The summed E-state index contributed by atoms with van der Waals surface area (Å²) < 4.78 is 0. The Morgan fingerprint density at radius 2 is 2.00 bits per heavy atom. The number of rotatable bonds is 1. The smallest absolute Gasteiger partial charge is 0.0740 e. The van der Waals surface area contributed by atoms with Gasteiger partial charge in [0.1, 0.15) is 0 Å². The quantitative estimate of drug-likeness (QED) is 0.399. The molecule has 11 heavy (non-hydrogen) atoms. The van der Waals surface area contributed by atoms with Gasteiger partial charge in [-0.2, -0.15) is 0 Å². The lowest BCUT2D eigenvalue weighted by molar-refractivity contribution is 0.00654. The molecule has 1 fully saturated rings. The predicted molar refractivity (Wildman–Crippen MR) is 42.8 cm³/mol. The third-order valence-electron chi connectivity index (χ3n) is 1.79. The molecule has 1 rings (SSSR count). The van der Waals surface area contributed by atoms with Crippen LogP contribution in [0, 0.1) is 0 Å². The molecule has 1 saturated heterocycles. The topological polar surface area (TPSA) is 72.7 Å². The van der Waals surface area contributed by atoms with Crippen LogP contribution in [0.5, 0.6) is 0 Å². The molecule has 4 nitrogen and oxygen atoms in total. The van der Waals surface area contributed by atoms with E-state index in [4.69, 9.17) is 15.3 Å². The minimum atomic E-state index is -0.617. The van der Waals surface area contributed by atoms with Crippen LogP contribution in [0.15, 0.2) is 0 Å².